The van der Waals surface area contributed by atoms with Crippen molar-refractivity contribution in [3.05, 3.63) is 12.2 Å². The molecule has 0 spiro atoms. The first-order chi connectivity index (χ1) is 7.84. The second kappa shape index (κ2) is 13.4. The van der Waals surface area contributed by atoms with Crippen molar-refractivity contribution in [2.75, 3.05) is 0 Å². The Bertz CT molecular complexity index is 384. The van der Waals surface area contributed by atoms with Gasteiger partial charge in [-0.25, -0.2) is 0 Å². The molecule has 0 saturated carbocycles. The number of aliphatic carboxylic acids is 3. The quantitative estimate of drug-likeness (QED) is 0.364. The molecule has 9 heteroatoms. The van der Waals surface area contributed by atoms with Crippen LogP contribution in [0.3, 0.4) is 0 Å². The van der Waals surface area contributed by atoms with Crippen LogP contribution in [0.1, 0.15) is 13.3 Å². The van der Waals surface area contributed by atoms with E-state index in [0.717, 1.165) is 0 Å². The maximum atomic E-state index is 11.0. The zero-order valence-electron chi connectivity index (χ0n) is 12.1. The predicted molar refractivity (Wildman–Crippen MR) is 48.4 cm³/mol. The molecule has 1 aliphatic rings. The first-order valence-corrected chi connectivity index (χ1v) is 5.14. The number of carboxylic acids is 3. The van der Waals surface area contributed by atoms with Gasteiger partial charge in [-0.3, -0.25) is 0 Å². The van der Waals surface area contributed by atoms with Crippen LogP contribution in [0.15, 0.2) is 12.2 Å². The molecule has 0 heterocycles. The molecule has 1 rings (SSSR count). The van der Waals surface area contributed by atoms with Gasteiger partial charge in [0.15, 0.2) is 0 Å². The average molecular weight is 356 g/mol. The van der Waals surface area contributed by atoms with E-state index in [1.165, 1.54) is 19.1 Å². The van der Waals surface area contributed by atoms with E-state index in [9.17, 15) is 29.7 Å². The van der Waals surface area contributed by atoms with Crippen molar-refractivity contribution in [3.63, 3.8) is 0 Å². The van der Waals surface area contributed by atoms with Crippen LogP contribution in [0.25, 0.3) is 0 Å². The van der Waals surface area contributed by atoms with E-state index in [4.69, 9.17) is 0 Å². The van der Waals surface area contributed by atoms with E-state index in [-0.39, 0.29) is 154 Å². The second-order valence-electron chi connectivity index (χ2n) is 4.17. The van der Waals surface area contributed by atoms with Crippen molar-refractivity contribution in [2.24, 2.45) is 23.7 Å². The van der Waals surface area contributed by atoms with Gasteiger partial charge in [-0.2, -0.15) is 0 Å². The molecule has 0 aromatic carbocycles. The molecular formula is C11H11K3O6. The number of hydrogen-bond donors (Lipinski definition) is 0. The summed E-state index contributed by atoms with van der Waals surface area (Å²) in [5.74, 6) is -8.70. The van der Waals surface area contributed by atoms with Gasteiger partial charge in [0.2, 0.25) is 0 Å². The second-order valence-corrected chi connectivity index (χ2v) is 4.17. The van der Waals surface area contributed by atoms with Crippen LogP contribution in [0.4, 0.5) is 0 Å². The maximum absolute atomic E-state index is 11.0. The van der Waals surface area contributed by atoms with Gasteiger partial charge in [0.1, 0.15) is 0 Å². The summed E-state index contributed by atoms with van der Waals surface area (Å²) in [5.41, 5.74) is 0. The SMILES string of the molecule is CC1C=CC(CC(=O)[O-])C(C(=O)[O-])C1C(=O)[O-].[K+].[K+].[K+]. The number of carbonyl (C=O) groups is 3. The molecule has 4 atom stereocenters. The summed E-state index contributed by atoms with van der Waals surface area (Å²) in [7, 11) is 0. The first-order valence-electron chi connectivity index (χ1n) is 5.14. The molecule has 94 valence electrons. The average Bonchev–Trinajstić information content (AvgIpc) is 2.18. The van der Waals surface area contributed by atoms with Crippen LogP contribution in [-0.4, -0.2) is 17.9 Å². The van der Waals surface area contributed by atoms with Gasteiger partial charge in [-0.15, -0.1) is 0 Å². The Balaban J connectivity index is -0.000000963. The molecule has 0 bridgehead atoms. The first kappa shape index (κ1) is 27.9. The molecule has 0 aromatic rings. The molecule has 0 amide bonds. The summed E-state index contributed by atoms with van der Waals surface area (Å²) in [6.07, 6.45) is 2.32. The Morgan fingerprint density at radius 2 is 1.35 bits per heavy atom. The fourth-order valence-corrected chi connectivity index (χ4v) is 2.22. The van der Waals surface area contributed by atoms with Gasteiger partial charge >= 0.3 is 154 Å². The number of carboxylic acid groups (broad SMARTS) is 3. The predicted octanol–water partition coefficient (Wildman–Crippen LogP) is -12.3. The fourth-order valence-electron chi connectivity index (χ4n) is 2.22. The fraction of sp³-hybridized carbons (Fsp3) is 0.545. The number of rotatable bonds is 4. The summed E-state index contributed by atoms with van der Waals surface area (Å²) < 4.78 is 0. The Kier molecular flexibility index (Phi) is 18.6. The standard InChI is InChI=1S/C11H14O6.3K/c1-5-2-3-6(4-7(12)13)9(11(16)17)8(5)10(14)15;;;/h2-3,5-6,8-9H,4H2,1H3,(H,12,13)(H,14,15)(H,16,17);;;/q;3*+1/p-3. The van der Waals surface area contributed by atoms with Crippen LogP contribution in [0.2, 0.25) is 0 Å². The summed E-state index contributed by atoms with van der Waals surface area (Å²) >= 11 is 0. The van der Waals surface area contributed by atoms with E-state index >= 15 is 0 Å². The Morgan fingerprint density at radius 3 is 1.70 bits per heavy atom. The van der Waals surface area contributed by atoms with Gasteiger partial charge in [0, 0.05) is 29.7 Å². The van der Waals surface area contributed by atoms with Gasteiger partial charge in [-0.05, 0) is 18.3 Å². The zero-order valence-corrected chi connectivity index (χ0v) is 21.5. The third-order valence-electron chi connectivity index (χ3n) is 3.02. The minimum absolute atomic E-state index is 0. The van der Waals surface area contributed by atoms with Crippen LogP contribution < -0.4 is 169 Å². The monoisotopic (exact) mass is 356 g/mol. The van der Waals surface area contributed by atoms with Crippen LogP contribution >= 0.6 is 0 Å². The van der Waals surface area contributed by atoms with Crippen molar-refractivity contribution in [3.8, 4) is 0 Å². The van der Waals surface area contributed by atoms with Gasteiger partial charge < -0.3 is 29.7 Å². The molecule has 0 N–H and O–H groups in total. The summed E-state index contributed by atoms with van der Waals surface area (Å²) in [6, 6.07) is 0. The van der Waals surface area contributed by atoms with Gasteiger partial charge in [-0.1, -0.05) is 19.1 Å². The van der Waals surface area contributed by atoms with Crippen molar-refractivity contribution < 1.29 is 184 Å². The largest absolute Gasteiger partial charge is 1.00 e. The molecule has 1 aliphatic carbocycles. The van der Waals surface area contributed by atoms with Crippen LogP contribution in [0.5, 0.6) is 0 Å². The zero-order chi connectivity index (χ0) is 13.2. The van der Waals surface area contributed by atoms with E-state index < -0.39 is 48.0 Å². The molecule has 0 saturated heterocycles. The normalized spacial score (nSPS) is 27.2. The molecule has 0 aromatic heterocycles. The number of carbonyl (C=O) groups excluding carboxylic acids is 3. The van der Waals surface area contributed by atoms with E-state index in [2.05, 4.69) is 0 Å². The molecule has 0 fully saturated rings. The minimum Gasteiger partial charge on any atom is -0.550 e. The Labute approximate surface area is 244 Å². The molecular weight excluding hydrogens is 345 g/mol. The number of allylic oxidation sites excluding steroid dienone is 2. The van der Waals surface area contributed by atoms with E-state index in [0.29, 0.717) is 0 Å². The van der Waals surface area contributed by atoms with Crippen molar-refractivity contribution in [1.82, 2.24) is 0 Å². The minimum atomic E-state index is -1.58. The van der Waals surface area contributed by atoms with Crippen LogP contribution in [-0.2, 0) is 14.4 Å². The molecule has 0 aliphatic heterocycles. The molecule has 0 radical (unpaired) electrons. The summed E-state index contributed by atoms with van der Waals surface area (Å²) in [6.45, 7) is 1.53. The third kappa shape index (κ3) is 8.24. The number of hydrogen-bond acceptors (Lipinski definition) is 6. The summed E-state index contributed by atoms with van der Waals surface area (Å²) in [4.78, 5) is 32.3. The van der Waals surface area contributed by atoms with Gasteiger partial charge in [0.25, 0.3) is 0 Å². The molecule has 6 nitrogen and oxygen atoms in total. The van der Waals surface area contributed by atoms with Crippen LogP contribution in [0, 0.1) is 23.7 Å². The summed E-state index contributed by atoms with van der Waals surface area (Å²) in [5, 5.41) is 32.3. The molecule has 20 heavy (non-hydrogen) atoms. The Hall–Kier alpha value is 3.06. The van der Waals surface area contributed by atoms with Crippen molar-refractivity contribution >= 4 is 17.9 Å². The smallest absolute Gasteiger partial charge is 0.550 e. The van der Waals surface area contributed by atoms with E-state index in [1.54, 1.807) is 0 Å². The Morgan fingerprint density at radius 1 is 0.900 bits per heavy atom. The van der Waals surface area contributed by atoms with Crippen molar-refractivity contribution in [2.45, 2.75) is 13.3 Å². The third-order valence-corrected chi connectivity index (χ3v) is 3.02. The van der Waals surface area contributed by atoms with Gasteiger partial charge in [0.05, 0.1) is 0 Å². The maximum Gasteiger partial charge on any atom is 1.00 e. The van der Waals surface area contributed by atoms with E-state index in [1.807, 2.05) is 0 Å². The topological polar surface area (TPSA) is 120 Å². The molecule has 4 unspecified atom stereocenters. The van der Waals surface area contributed by atoms with Crippen molar-refractivity contribution in [1.29, 1.82) is 0 Å².